The zero-order valence-corrected chi connectivity index (χ0v) is 10.8. The van der Waals surface area contributed by atoms with Crippen LogP contribution in [0.25, 0.3) is 34.2 Å². The van der Waals surface area contributed by atoms with Crippen LogP contribution >= 0.6 is 0 Å². The highest BCUT2D eigenvalue weighted by molar-refractivity contribution is 6.13. The lowest BCUT2D eigenvalue weighted by atomic mass is 9.93. The molecule has 0 bridgehead atoms. The molecule has 0 nitrogen and oxygen atoms in total. The quantitative estimate of drug-likeness (QED) is 0.581. The summed E-state index contributed by atoms with van der Waals surface area (Å²) in [5, 5.41) is 6.36. The average molecular weight is 232 g/mol. The van der Waals surface area contributed by atoms with Crippen molar-refractivity contribution in [3.05, 3.63) is 58.8 Å². The lowest BCUT2D eigenvalue weighted by Gasteiger charge is -2.11. The molecule has 3 aromatic rings. The van der Waals surface area contributed by atoms with Crippen LogP contribution in [-0.2, 0) is 0 Å². The van der Waals surface area contributed by atoms with E-state index in [1.165, 1.54) is 32.7 Å². The third-order valence-electron chi connectivity index (χ3n) is 3.60. The first-order valence-electron chi connectivity index (χ1n) is 6.28. The second-order valence-electron chi connectivity index (χ2n) is 4.78. The molecule has 3 aromatic carbocycles. The SMILES string of the molecule is C=c1ccc2ccc(C)c3ccc(/C=C\C)c1c23. The summed E-state index contributed by atoms with van der Waals surface area (Å²) in [6.45, 7) is 8.41. The predicted molar refractivity (Wildman–Crippen MR) is 81.6 cm³/mol. The number of benzene rings is 3. The monoisotopic (exact) mass is 232 g/mol. The highest BCUT2D eigenvalue weighted by atomic mass is 14.1. The lowest BCUT2D eigenvalue weighted by molar-refractivity contribution is 1.54. The Hall–Kier alpha value is -2.08. The van der Waals surface area contributed by atoms with E-state index in [0.29, 0.717) is 0 Å². The van der Waals surface area contributed by atoms with E-state index >= 15 is 0 Å². The number of hydrogen-bond donors (Lipinski definition) is 0. The first-order valence-corrected chi connectivity index (χ1v) is 6.28. The van der Waals surface area contributed by atoms with Crippen LogP contribution < -0.4 is 5.22 Å². The second kappa shape index (κ2) is 3.99. The van der Waals surface area contributed by atoms with Gasteiger partial charge in [-0.2, -0.15) is 0 Å². The molecule has 0 fully saturated rings. The van der Waals surface area contributed by atoms with Gasteiger partial charge in [-0.25, -0.2) is 0 Å². The van der Waals surface area contributed by atoms with E-state index in [0.717, 1.165) is 5.22 Å². The number of rotatable bonds is 1. The molecule has 0 aliphatic carbocycles. The molecular formula is C18H16. The largest absolute Gasteiger partial charge is 0.0911 e. The molecule has 0 unspecified atom stereocenters. The van der Waals surface area contributed by atoms with Gasteiger partial charge < -0.3 is 0 Å². The summed E-state index contributed by atoms with van der Waals surface area (Å²) in [6.07, 6.45) is 4.24. The van der Waals surface area contributed by atoms with Gasteiger partial charge in [0.1, 0.15) is 0 Å². The van der Waals surface area contributed by atoms with E-state index < -0.39 is 0 Å². The summed E-state index contributed by atoms with van der Waals surface area (Å²) in [4.78, 5) is 0. The van der Waals surface area contributed by atoms with Crippen molar-refractivity contribution in [2.45, 2.75) is 13.8 Å². The van der Waals surface area contributed by atoms with E-state index in [2.05, 4.69) is 69.0 Å². The fraction of sp³-hybridized carbons (Fsp3) is 0.111. The smallest absolute Gasteiger partial charge is 0.00244 e. The molecule has 0 heteroatoms. The Morgan fingerprint density at radius 1 is 0.944 bits per heavy atom. The van der Waals surface area contributed by atoms with Gasteiger partial charge in [0, 0.05) is 0 Å². The van der Waals surface area contributed by atoms with E-state index in [1.54, 1.807) is 0 Å². The van der Waals surface area contributed by atoms with Crippen LogP contribution in [0.5, 0.6) is 0 Å². The molecule has 0 saturated carbocycles. The van der Waals surface area contributed by atoms with Gasteiger partial charge in [0.25, 0.3) is 0 Å². The molecule has 18 heavy (non-hydrogen) atoms. The van der Waals surface area contributed by atoms with Crippen molar-refractivity contribution in [2.24, 2.45) is 0 Å². The summed E-state index contributed by atoms with van der Waals surface area (Å²) in [5.74, 6) is 0. The van der Waals surface area contributed by atoms with Crippen LogP contribution in [-0.4, -0.2) is 0 Å². The highest BCUT2D eigenvalue weighted by Crippen LogP contribution is 2.29. The van der Waals surface area contributed by atoms with Crippen molar-refractivity contribution >= 4 is 34.2 Å². The maximum atomic E-state index is 4.19. The van der Waals surface area contributed by atoms with Crippen LogP contribution in [0.15, 0.2) is 42.5 Å². The molecule has 0 aliphatic heterocycles. The molecule has 3 rings (SSSR count). The van der Waals surface area contributed by atoms with Crippen molar-refractivity contribution in [2.75, 3.05) is 0 Å². The van der Waals surface area contributed by atoms with Crippen LogP contribution in [0.1, 0.15) is 18.1 Å². The van der Waals surface area contributed by atoms with Crippen molar-refractivity contribution in [3.8, 4) is 0 Å². The Morgan fingerprint density at radius 2 is 1.72 bits per heavy atom. The zero-order chi connectivity index (χ0) is 12.7. The van der Waals surface area contributed by atoms with E-state index in [1.807, 2.05) is 0 Å². The van der Waals surface area contributed by atoms with Gasteiger partial charge in [-0.15, -0.1) is 0 Å². The van der Waals surface area contributed by atoms with Gasteiger partial charge in [-0.1, -0.05) is 55.1 Å². The van der Waals surface area contributed by atoms with E-state index in [9.17, 15) is 0 Å². The van der Waals surface area contributed by atoms with Gasteiger partial charge in [0.15, 0.2) is 0 Å². The maximum absolute atomic E-state index is 4.19. The summed E-state index contributed by atoms with van der Waals surface area (Å²) in [5.41, 5.74) is 2.58. The number of aryl methyl sites for hydroxylation is 1. The van der Waals surface area contributed by atoms with Crippen molar-refractivity contribution < 1.29 is 0 Å². The maximum Gasteiger partial charge on any atom is -0.00244 e. The van der Waals surface area contributed by atoms with Gasteiger partial charge in [-0.3, -0.25) is 0 Å². The van der Waals surface area contributed by atoms with Crippen molar-refractivity contribution in [1.29, 1.82) is 0 Å². The van der Waals surface area contributed by atoms with E-state index in [4.69, 9.17) is 0 Å². The first-order chi connectivity index (χ1) is 8.72. The summed E-state index contributed by atoms with van der Waals surface area (Å²) >= 11 is 0. The minimum atomic E-state index is 1.10. The third-order valence-corrected chi connectivity index (χ3v) is 3.60. The lowest BCUT2D eigenvalue weighted by Crippen LogP contribution is -2.01. The molecule has 0 aliphatic rings. The summed E-state index contributed by atoms with van der Waals surface area (Å²) < 4.78 is 0. The van der Waals surface area contributed by atoms with E-state index in [-0.39, 0.29) is 0 Å². The second-order valence-corrected chi connectivity index (χ2v) is 4.78. The number of allylic oxidation sites excluding steroid dienone is 1. The van der Waals surface area contributed by atoms with Crippen LogP contribution in [0, 0.1) is 6.92 Å². The minimum Gasteiger partial charge on any atom is -0.0911 e. The molecule has 0 amide bonds. The molecule has 0 atom stereocenters. The van der Waals surface area contributed by atoms with Crippen LogP contribution in [0.2, 0.25) is 0 Å². The Kier molecular flexibility index (Phi) is 2.45. The number of hydrogen-bond acceptors (Lipinski definition) is 0. The zero-order valence-electron chi connectivity index (χ0n) is 10.8. The molecule has 0 N–H and O–H groups in total. The Labute approximate surface area is 107 Å². The molecule has 0 heterocycles. The third kappa shape index (κ3) is 1.46. The van der Waals surface area contributed by atoms with Gasteiger partial charge >= 0.3 is 0 Å². The van der Waals surface area contributed by atoms with Crippen LogP contribution in [0.3, 0.4) is 0 Å². The van der Waals surface area contributed by atoms with Crippen LogP contribution in [0.4, 0.5) is 0 Å². The standard InChI is InChI=1S/C18H16/c1-4-5-14-10-11-16-12(2)6-8-15-9-7-13(3)17(14)18(15)16/h4-11H,3H2,1-2H3/b5-4-. The normalized spacial score (nSPS) is 11.9. The highest BCUT2D eigenvalue weighted by Gasteiger charge is 2.07. The molecule has 0 spiro atoms. The molecule has 0 saturated heterocycles. The Balaban J connectivity index is 2.66. The topological polar surface area (TPSA) is 0 Å². The minimum absolute atomic E-state index is 1.10. The van der Waals surface area contributed by atoms with Crippen molar-refractivity contribution in [1.82, 2.24) is 0 Å². The molecule has 0 radical (unpaired) electrons. The molecule has 0 aromatic heterocycles. The van der Waals surface area contributed by atoms with Crippen molar-refractivity contribution in [3.63, 3.8) is 0 Å². The summed E-state index contributed by atoms with van der Waals surface area (Å²) in [7, 11) is 0. The van der Waals surface area contributed by atoms with Gasteiger partial charge in [0.2, 0.25) is 0 Å². The Morgan fingerprint density at radius 3 is 2.50 bits per heavy atom. The van der Waals surface area contributed by atoms with Gasteiger partial charge in [0.05, 0.1) is 0 Å². The predicted octanol–water partition coefficient (Wildman–Crippen LogP) is 4.46. The average Bonchev–Trinajstić information content (AvgIpc) is 2.37. The fourth-order valence-corrected chi connectivity index (χ4v) is 2.71. The summed E-state index contributed by atoms with van der Waals surface area (Å²) in [6, 6.07) is 13.1. The first kappa shape index (κ1) is 11.0. The fourth-order valence-electron chi connectivity index (χ4n) is 2.71. The molecular weight excluding hydrogens is 216 g/mol. The Bertz CT molecular complexity index is 807. The van der Waals surface area contributed by atoms with Gasteiger partial charge in [-0.05, 0) is 51.7 Å². The molecule has 88 valence electrons.